The van der Waals surface area contributed by atoms with Gasteiger partial charge in [0.25, 0.3) is 11.6 Å². The zero-order valence-electron chi connectivity index (χ0n) is 9.72. The molecule has 1 unspecified atom stereocenters. The van der Waals surface area contributed by atoms with E-state index in [0.29, 0.717) is 6.42 Å². The summed E-state index contributed by atoms with van der Waals surface area (Å²) in [4.78, 5) is 22.0. The van der Waals surface area contributed by atoms with Crippen molar-refractivity contribution in [3.05, 3.63) is 38.9 Å². The van der Waals surface area contributed by atoms with E-state index in [4.69, 9.17) is 16.7 Å². The molecule has 2 N–H and O–H groups in total. The lowest BCUT2D eigenvalue weighted by atomic mass is 10.1. The predicted molar refractivity (Wildman–Crippen MR) is 66.7 cm³/mol. The van der Waals surface area contributed by atoms with Crippen LogP contribution in [0.3, 0.4) is 0 Å². The maximum absolute atomic E-state index is 11.8. The topological polar surface area (TPSA) is 92.5 Å². The number of nitrogens with one attached hydrogen (secondary N) is 1. The van der Waals surface area contributed by atoms with Gasteiger partial charge in [0.15, 0.2) is 0 Å². The maximum atomic E-state index is 11.8. The van der Waals surface area contributed by atoms with Crippen molar-refractivity contribution in [2.24, 2.45) is 0 Å². The Bertz CT molecular complexity index is 464. The number of carbonyl (C=O) groups is 1. The van der Waals surface area contributed by atoms with E-state index in [0.717, 1.165) is 6.07 Å². The molecule has 0 radical (unpaired) electrons. The molecule has 0 aliphatic heterocycles. The molecule has 0 aliphatic carbocycles. The van der Waals surface area contributed by atoms with Crippen molar-refractivity contribution in [2.75, 3.05) is 6.61 Å². The molecule has 0 aromatic heterocycles. The van der Waals surface area contributed by atoms with E-state index in [1.807, 2.05) is 0 Å². The highest BCUT2D eigenvalue weighted by Crippen LogP contribution is 2.23. The third-order valence-electron chi connectivity index (χ3n) is 2.34. The summed E-state index contributed by atoms with van der Waals surface area (Å²) in [5.41, 5.74) is -0.384. The summed E-state index contributed by atoms with van der Waals surface area (Å²) in [7, 11) is 0. The number of nitro benzene ring substituents is 1. The molecule has 1 amide bonds. The number of rotatable bonds is 5. The second-order valence-corrected chi connectivity index (χ2v) is 4.24. The van der Waals surface area contributed by atoms with Gasteiger partial charge in [-0.05, 0) is 25.5 Å². The number of hydrogen-bond donors (Lipinski definition) is 2. The summed E-state index contributed by atoms with van der Waals surface area (Å²) in [6.07, 6.45) is 0.382. The maximum Gasteiger partial charge on any atom is 0.283 e. The van der Waals surface area contributed by atoms with Crippen LogP contribution in [0.15, 0.2) is 18.2 Å². The largest absolute Gasteiger partial charge is 0.396 e. The lowest BCUT2D eigenvalue weighted by Gasteiger charge is -2.12. The third-order valence-corrected chi connectivity index (χ3v) is 2.58. The van der Waals surface area contributed by atoms with Crippen LogP contribution in [0.5, 0.6) is 0 Å². The van der Waals surface area contributed by atoms with Gasteiger partial charge in [-0.25, -0.2) is 0 Å². The van der Waals surface area contributed by atoms with Crippen LogP contribution in [0.1, 0.15) is 23.7 Å². The summed E-state index contributed by atoms with van der Waals surface area (Å²) in [6, 6.07) is 3.59. The molecule has 0 aliphatic rings. The number of amides is 1. The summed E-state index contributed by atoms with van der Waals surface area (Å²) < 4.78 is 0. The van der Waals surface area contributed by atoms with Gasteiger partial charge in [0, 0.05) is 23.7 Å². The highest BCUT2D eigenvalue weighted by atomic mass is 35.5. The highest BCUT2D eigenvalue weighted by molar-refractivity contribution is 6.31. The number of halogens is 1. The van der Waals surface area contributed by atoms with Gasteiger partial charge in [-0.15, -0.1) is 0 Å². The van der Waals surface area contributed by atoms with Crippen LogP contribution < -0.4 is 5.32 Å². The Morgan fingerprint density at radius 3 is 2.83 bits per heavy atom. The van der Waals surface area contributed by atoms with Crippen molar-refractivity contribution in [1.29, 1.82) is 0 Å². The van der Waals surface area contributed by atoms with Crippen LogP contribution in [0.4, 0.5) is 5.69 Å². The van der Waals surface area contributed by atoms with Gasteiger partial charge in [-0.1, -0.05) is 11.6 Å². The molecule has 7 heteroatoms. The number of aliphatic hydroxyl groups excluding tert-OH is 1. The SMILES string of the molecule is CC(CCO)NC(=O)c1ccc(Cl)cc1[N+](=O)[O-]. The van der Waals surface area contributed by atoms with Crippen LogP contribution in [-0.4, -0.2) is 28.6 Å². The molecule has 0 saturated heterocycles. The fourth-order valence-corrected chi connectivity index (χ4v) is 1.58. The second kappa shape index (κ2) is 6.32. The van der Waals surface area contributed by atoms with E-state index in [2.05, 4.69) is 5.32 Å². The summed E-state index contributed by atoms with van der Waals surface area (Å²) in [5.74, 6) is -0.556. The van der Waals surface area contributed by atoms with E-state index in [-0.39, 0.29) is 28.9 Å². The van der Waals surface area contributed by atoms with Gasteiger partial charge in [0.1, 0.15) is 5.56 Å². The first kappa shape index (κ1) is 14.4. The monoisotopic (exact) mass is 272 g/mol. The average Bonchev–Trinajstić information content (AvgIpc) is 2.28. The molecule has 0 spiro atoms. The summed E-state index contributed by atoms with van der Waals surface area (Å²) in [5, 5.41) is 22.3. The molecule has 0 fully saturated rings. The van der Waals surface area contributed by atoms with Gasteiger partial charge in [-0.3, -0.25) is 14.9 Å². The molecule has 1 aromatic rings. The fraction of sp³-hybridized carbons (Fsp3) is 0.364. The first-order valence-corrected chi connectivity index (χ1v) is 5.69. The Labute approximate surface area is 109 Å². The van der Waals surface area contributed by atoms with Crippen molar-refractivity contribution in [3.63, 3.8) is 0 Å². The first-order valence-electron chi connectivity index (χ1n) is 5.31. The third kappa shape index (κ3) is 3.68. The number of nitrogens with zero attached hydrogens (tertiary/aromatic N) is 1. The van der Waals surface area contributed by atoms with Crippen molar-refractivity contribution in [3.8, 4) is 0 Å². The first-order chi connectivity index (χ1) is 8.45. The minimum absolute atomic E-state index is 0.0470. The number of nitro groups is 1. The lowest BCUT2D eigenvalue weighted by Crippen LogP contribution is -2.33. The van der Waals surface area contributed by atoms with Gasteiger partial charge in [-0.2, -0.15) is 0 Å². The molecular formula is C11H13ClN2O4. The van der Waals surface area contributed by atoms with Crippen LogP contribution >= 0.6 is 11.6 Å². The Balaban J connectivity index is 2.95. The van der Waals surface area contributed by atoms with Gasteiger partial charge < -0.3 is 10.4 Å². The number of carbonyl (C=O) groups excluding carboxylic acids is 1. The molecule has 1 rings (SSSR count). The standard InChI is InChI=1S/C11H13ClN2O4/c1-7(4-5-15)13-11(16)9-3-2-8(12)6-10(9)14(17)18/h2-3,6-7,15H,4-5H2,1H3,(H,13,16). The van der Waals surface area contributed by atoms with E-state index in [1.165, 1.54) is 12.1 Å². The van der Waals surface area contributed by atoms with Crippen molar-refractivity contribution in [2.45, 2.75) is 19.4 Å². The van der Waals surface area contributed by atoms with Crippen molar-refractivity contribution >= 4 is 23.2 Å². The lowest BCUT2D eigenvalue weighted by molar-refractivity contribution is -0.385. The number of benzene rings is 1. The van der Waals surface area contributed by atoms with E-state index >= 15 is 0 Å². The summed E-state index contributed by atoms with van der Waals surface area (Å²) in [6.45, 7) is 1.64. The Kier molecular flexibility index (Phi) is 5.06. The molecular weight excluding hydrogens is 260 g/mol. The quantitative estimate of drug-likeness (QED) is 0.631. The molecule has 1 aromatic carbocycles. The minimum atomic E-state index is -0.655. The van der Waals surface area contributed by atoms with Crippen LogP contribution in [-0.2, 0) is 0 Å². The van der Waals surface area contributed by atoms with E-state index in [1.54, 1.807) is 6.92 Å². The molecule has 6 nitrogen and oxygen atoms in total. The summed E-state index contributed by atoms with van der Waals surface area (Å²) >= 11 is 5.65. The Hall–Kier alpha value is -1.66. The smallest absolute Gasteiger partial charge is 0.283 e. The van der Waals surface area contributed by atoms with E-state index in [9.17, 15) is 14.9 Å². The zero-order valence-corrected chi connectivity index (χ0v) is 10.5. The van der Waals surface area contributed by atoms with Gasteiger partial charge in [0.2, 0.25) is 0 Å². The molecule has 98 valence electrons. The molecule has 0 heterocycles. The highest BCUT2D eigenvalue weighted by Gasteiger charge is 2.21. The average molecular weight is 273 g/mol. The molecule has 0 bridgehead atoms. The number of aliphatic hydroxyl groups is 1. The van der Waals surface area contributed by atoms with E-state index < -0.39 is 10.8 Å². The van der Waals surface area contributed by atoms with Crippen LogP contribution in [0.25, 0.3) is 0 Å². The Morgan fingerprint density at radius 2 is 2.28 bits per heavy atom. The minimum Gasteiger partial charge on any atom is -0.396 e. The second-order valence-electron chi connectivity index (χ2n) is 3.81. The van der Waals surface area contributed by atoms with Gasteiger partial charge >= 0.3 is 0 Å². The molecule has 18 heavy (non-hydrogen) atoms. The normalized spacial score (nSPS) is 11.9. The molecule has 0 saturated carbocycles. The number of hydrogen-bond acceptors (Lipinski definition) is 4. The van der Waals surface area contributed by atoms with Crippen LogP contribution in [0, 0.1) is 10.1 Å². The van der Waals surface area contributed by atoms with Crippen molar-refractivity contribution in [1.82, 2.24) is 5.32 Å². The fourth-order valence-electron chi connectivity index (χ4n) is 1.42. The predicted octanol–water partition coefficient (Wildman–Crippen LogP) is 1.75. The molecule has 1 atom stereocenters. The zero-order chi connectivity index (χ0) is 13.7. The van der Waals surface area contributed by atoms with Gasteiger partial charge in [0.05, 0.1) is 4.92 Å². The van der Waals surface area contributed by atoms with Crippen molar-refractivity contribution < 1.29 is 14.8 Å². The Morgan fingerprint density at radius 1 is 1.61 bits per heavy atom. The van der Waals surface area contributed by atoms with Crippen LogP contribution in [0.2, 0.25) is 5.02 Å².